The van der Waals surface area contributed by atoms with E-state index in [9.17, 15) is 0 Å². The number of fused-ring (bicyclic) bond motifs is 26. The summed E-state index contributed by atoms with van der Waals surface area (Å²) < 4.78 is 0. The summed E-state index contributed by atoms with van der Waals surface area (Å²) in [7, 11) is 0. The van der Waals surface area contributed by atoms with Gasteiger partial charge < -0.3 is 5.73 Å². The molecule has 0 bridgehead atoms. The van der Waals surface area contributed by atoms with Crippen molar-refractivity contribution in [1.82, 2.24) is 0 Å². The fraction of sp³-hybridized carbons (Fsp3) is 1.00. The second-order valence-electron chi connectivity index (χ2n) is 15.2. The van der Waals surface area contributed by atoms with Gasteiger partial charge >= 0.3 is 0 Å². The van der Waals surface area contributed by atoms with E-state index in [0.717, 1.165) is 29.6 Å². The molecule has 12 aliphatic rings. The lowest BCUT2D eigenvalue weighted by Crippen LogP contribution is -2.90. The standard InChI is InChI=1S/C28H35N/c29-28-18(24-25-22-15-8-3-4-9(8)16(15)23(22)26(25)27(24)28)11-5-10-12(11)19-17(10)20-13-6-1-2-7(6)14(13)21(19)20/h6-28H,1-5,29H2. The van der Waals surface area contributed by atoms with Crippen LogP contribution in [0.3, 0.4) is 0 Å². The molecule has 152 valence electrons. The minimum Gasteiger partial charge on any atom is -0.327 e. The van der Waals surface area contributed by atoms with Crippen molar-refractivity contribution >= 4 is 0 Å². The number of nitrogens with two attached hydrogens (primary N) is 1. The first-order valence-electron chi connectivity index (χ1n) is 14.1. The molecule has 1 nitrogen and oxygen atoms in total. The van der Waals surface area contributed by atoms with Gasteiger partial charge in [0.1, 0.15) is 0 Å². The van der Waals surface area contributed by atoms with Gasteiger partial charge in [0.2, 0.25) is 0 Å². The van der Waals surface area contributed by atoms with Crippen LogP contribution in [0, 0.1) is 130 Å². The molecular weight excluding hydrogens is 350 g/mol. The lowest BCUT2D eigenvalue weighted by Gasteiger charge is -2.92. The third-order valence-corrected chi connectivity index (χ3v) is 16.6. The Balaban J connectivity index is 0.826. The molecule has 0 aliphatic heterocycles. The van der Waals surface area contributed by atoms with Crippen molar-refractivity contribution in [3.8, 4) is 0 Å². The average molecular weight is 386 g/mol. The van der Waals surface area contributed by atoms with Gasteiger partial charge in [0, 0.05) is 6.04 Å². The van der Waals surface area contributed by atoms with Crippen molar-refractivity contribution in [3.63, 3.8) is 0 Å². The molecule has 0 heterocycles. The third kappa shape index (κ3) is 0.990. The van der Waals surface area contributed by atoms with Gasteiger partial charge in [0.15, 0.2) is 0 Å². The molecule has 12 aliphatic carbocycles. The minimum atomic E-state index is 0.647. The van der Waals surface area contributed by atoms with E-state index in [-0.39, 0.29) is 0 Å². The summed E-state index contributed by atoms with van der Waals surface area (Å²) in [6.45, 7) is 0. The second kappa shape index (κ2) is 3.72. The Bertz CT molecular complexity index is 919. The van der Waals surface area contributed by atoms with E-state index in [0.29, 0.717) is 6.04 Å². The zero-order valence-corrected chi connectivity index (χ0v) is 17.4. The van der Waals surface area contributed by atoms with Crippen LogP contribution in [0.5, 0.6) is 0 Å². The van der Waals surface area contributed by atoms with Gasteiger partial charge in [-0.25, -0.2) is 0 Å². The molecule has 0 aromatic carbocycles. The summed E-state index contributed by atoms with van der Waals surface area (Å²) in [6, 6.07) is 0.647. The van der Waals surface area contributed by atoms with Crippen LogP contribution < -0.4 is 5.73 Å². The molecule has 1 heteroatoms. The van der Waals surface area contributed by atoms with Crippen LogP contribution in [-0.2, 0) is 0 Å². The van der Waals surface area contributed by atoms with Gasteiger partial charge in [0.05, 0.1) is 0 Å². The van der Waals surface area contributed by atoms with E-state index in [4.69, 9.17) is 5.73 Å². The molecule has 0 spiro atoms. The molecule has 0 aromatic rings. The second-order valence-corrected chi connectivity index (χ2v) is 15.2. The molecule has 29 heavy (non-hydrogen) atoms. The maximum atomic E-state index is 7.03. The molecule has 0 aromatic heterocycles. The highest BCUT2D eigenvalue weighted by atomic mass is 15.0. The summed E-state index contributed by atoms with van der Waals surface area (Å²) in [5, 5.41) is 0. The van der Waals surface area contributed by atoms with Gasteiger partial charge in [0.25, 0.3) is 0 Å². The van der Waals surface area contributed by atoms with E-state index in [1.54, 1.807) is 32.1 Å². The largest absolute Gasteiger partial charge is 0.327 e. The highest BCUT2D eigenvalue weighted by molar-refractivity contribution is 5.36. The van der Waals surface area contributed by atoms with Gasteiger partial charge in [-0.15, -0.1) is 0 Å². The molecule has 23 atom stereocenters. The highest BCUT2D eigenvalue weighted by Crippen LogP contribution is 2.91. The topological polar surface area (TPSA) is 26.0 Å². The van der Waals surface area contributed by atoms with Gasteiger partial charge in [-0.3, -0.25) is 0 Å². The zero-order chi connectivity index (χ0) is 17.8. The van der Waals surface area contributed by atoms with Crippen molar-refractivity contribution in [3.05, 3.63) is 0 Å². The summed E-state index contributed by atoms with van der Waals surface area (Å²) in [6.07, 6.45) is 8.11. The van der Waals surface area contributed by atoms with E-state index in [1.807, 2.05) is 0 Å². The first-order chi connectivity index (χ1) is 14.4. The normalized spacial score (nSPS) is 89.9. The van der Waals surface area contributed by atoms with Crippen LogP contribution >= 0.6 is 0 Å². The maximum absolute atomic E-state index is 7.03. The lowest BCUT2D eigenvalue weighted by atomic mass is 9.12. The minimum absolute atomic E-state index is 0.647. The smallest absolute Gasteiger partial charge is 0.0107 e. The fourth-order valence-electron chi connectivity index (χ4n) is 16.0. The molecule has 0 saturated heterocycles. The summed E-state index contributed by atoms with van der Waals surface area (Å²) in [5.41, 5.74) is 7.03. The van der Waals surface area contributed by atoms with E-state index in [2.05, 4.69) is 0 Å². The van der Waals surface area contributed by atoms with Crippen LogP contribution in [0.2, 0.25) is 0 Å². The van der Waals surface area contributed by atoms with E-state index in [1.165, 1.54) is 101 Å². The Labute approximate surface area is 174 Å². The van der Waals surface area contributed by atoms with Gasteiger partial charge in [-0.1, -0.05) is 0 Å². The van der Waals surface area contributed by atoms with Crippen molar-refractivity contribution < 1.29 is 0 Å². The van der Waals surface area contributed by atoms with Crippen LogP contribution in [-0.4, -0.2) is 6.04 Å². The predicted octanol–water partition coefficient (Wildman–Crippen LogP) is 3.98. The van der Waals surface area contributed by atoms with Crippen LogP contribution in [0.25, 0.3) is 0 Å². The highest BCUT2D eigenvalue weighted by Gasteiger charge is 2.88. The molecular formula is C28H35N. The van der Waals surface area contributed by atoms with E-state index < -0.39 is 0 Å². The summed E-state index contributed by atoms with van der Waals surface area (Å²) in [5.74, 6) is 26.4. The Kier molecular flexibility index (Phi) is 1.82. The fourth-order valence-corrected chi connectivity index (χ4v) is 16.0. The van der Waals surface area contributed by atoms with Crippen molar-refractivity contribution in [2.45, 2.75) is 38.1 Å². The Morgan fingerprint density at radius 3 is 1.21 bits per heavy atom. The zero-order valence-electron chi connectivity index (χ0n) is 17.4. The molecule has 12 saturated carbocycles. The molecule has 12 fully saturated rings. The maximum Gasteiger partial charge on any atom is 0.0107 e. The summed E-state index contributed by atoms with van der Waals surface area (Å²) >= 11 is 0. The van der Waals surface area contributed by atoms with Gasteiger partial charge in [-0.2, -0.15) is 0 Å². The Hall–Kier alpha value is -0.0400. The van der Waals surface area contributed by atoms with Crippen molar-refractivity contribution in [2.75, 3.05) is 0 Å². The Morgan fingerprint density at radius 1 is 0.310 bits per heavy atom. The quantitative estimate of drug-likeness (QED) is 0.679. The first-order valence-corrected chi connectivity index (χ1v) is 14.1. The summed E-state index contributed by atoms with van der Waals surface area (Å²) in [4.78, 5) is 0. The molecule has 23 unspecified atom stereocenters. The number of rotatable bonds is 1. The van der Waals surface area contributed by atoms with Gasteiger partial charge in [-0.05, 0) is 162 Å². The van der Waals surface area contributed by atoms with Crippen LogP contribution in [0.4, 0.5) is 0 Å². The lowest BCUT2D eigenvalue weighted by molar-refractivity contribution is -0.448. The number of hydrogen-bond acceptors (Lipinski definition) is 1. The molecule has 12 rings (SSSR count). The molecule has 0 amide bonds. The van der Waals surface area contributed by atoms with Crippen molar-refractivity contribution in [2.24, 2.45) is 136 Å². The Morgan fingerprint density at radius 2 is 0.655 bits per heavy atom. The average Bonchev–Trinajstić information content (AvgIpc) is 2.63. The SMILES string of the molecule is NC1C(C2CC3C2C2C3C3C4C5CCC5C4C23)C2C1C1C3C4C5CCC5C4C3C21. The number of hydrogen-bond donors (Lipinski definition) is 1. The van der Waals surface area contributed by atoms with E-state index >= 15 is 0 Å². The van der Waals surface area contributed by atoms with Crippen LogP contribution in [0.15, 0.2) is 0 Å². The molecule has 2 N–H and O–H groups in total. The predicted molar refractivity (Wildman–Crippen MR) is 108 cm³/mol. The monoisotopic (exact) mass is 385 g/mol. The first kappa shape index (κ1) is 14.2. The molecule has 0 radical (unpaired) electrons. The van der Waals surface area contributed by atoms with Crippen molar-refractivity contribution in [1.29, 1.82) is 0 Å². The third-order valence-electron chi connectivity index (χ3n) is 16.6. The van der Waals surface area contributed by atoms with Crippen LogP contribution in [0.1, 0.15) is 32.1 Å².